The largest absolute Gasteiger partial charge is 0.444 e. The van der Waals surface area contributed by atoms with E-state index in [0.717, 1.165) is 32.2 Å². The van der Waals surface area contributed by atoms with Gasteiger partial charge in [-0.15, -0.1) is 0 Å². The van der Waals surface area contributed by atoms with Crippen molar-refractivity contribution in [2.24, 2.45) is 5.73 Å². The maximum atomic E-state index is 12.0. The smallest absolute Gasteiger partial charge is 0.410 e. The van der Waals surface area contributed by atoms with Crippen LogP contribution in [-0.2, 0) is 4.74 Å². The minimum Gasteiger partial charge on any atom is -0.444 e. The summed E-state index contributed by atoms with van der Waals surface area (Å²) in [4.78, 5) is 13.7. The first-order chi connectivity index (χ1) is 7.76. The summed E-state index contributed by atoms with van der Waals surface area (Å²) in [6.07, 6.45) is 3.75. The van der Waals surface area contributed by atoms with Crippen LogP contribution in [0.3, 0.4) is 0 Å². The van der Waals surface area contributed by atoms with Crippen molar-refractivity contribution in [3.05, 3.63) is 0 Å². The SMILES string of the molecule is CCCC1(N)CCCN(C(=O)OC(C)(C)C)C1. The van der Waals surface area contributed by atoms with Crippen LogP contribution in [0.1, 0.15) is 53.4 Å². The second kappa shape index (κ2) is 5.25. The molecule has 100 valence electrons. The van der Waals surface area contributed by atoms with Gasteiger partial charge in [0.1, 0.15) is 5.60 Å². The molecular formula is C13H26N2O2. The average Bonchev–Trinajstić information content (AvgIpc) is 2.14. The van der Waals surface area contributed by atoms with Gasteiger partial charge in [-0.05, 0) is 40.0 Å². The van der Waals surface area contributed by atoms with Gasteiger partial charge < -0.3 is 15.4 Å². The Kier molecular flexibility index (Phi) is 4.42. The minimum absolute atomic E-state index is 0.218. The highest BCUT2D eigenvalue weighted by Gasteiger charge is 2.34. The summed E-state index contributed by atoms with van der Waals surface area (Å²) >= 11 is 0. The molecule has 4 heteroatoms. The van der Waals surface area contributed by atoms with Gasteiger partial charge in [-0.3, -0.25) is 0 Å². The molecule has 1 heterocycles. The number of nitrogens with zero attached hydrogens (tertiary/aromatic N) is 1. The third-order valence-corrected chi connectivity index (χ3v) is 3.01. The van der Waals surface area contributed by atoms with E-state index in [1.165, 1.54) is 0 Å². The first-order valence-electron chi connectivity index (χ1n) is 6.52. The number of rotatable bonds is 2. The van der Waals surface area contributed by atoms with E-state index in [0.29, 0.717) is 6.54 Å². The van der Waals surface area contributed by atoms with Crippen LogP contribution in [0.25, 0.3) is 0 Å². The topological polar surface area (TPSA) is 55.6 Å². The minimum atomic E-state index is -0.434. The van der Waals surface area contributed by atoms with E-state index in [1.807, 2.05) is 20.8 Å². The van der Waals surface area contributed by atoms with Gasteiger partial charge in [0.15, 0.2) is 0 Å². The fourth-order valence-corrected chi connectivity index (χ4v) is 2.34. The lowest BCUT2D eigenvalue weighted by atomic mass is 9.86. The van der Waals surface area contributed by atoms with Gasteiger partial charge in [0.2, 0.25) is 0 Å². The van der Waals surface area contributed by atoms with Gasteiger partial charge in [0.25, 0.3) is 0 Å². The Morgan fingerprint density at radius 1 is 1.47 bits per heavy atom. The Balaban J connectivity index is 2.57. The van der Waals surface area contributed by atoms with E-state index >= 15 is 0 Å². The third kappa shape index (κ3) is 4.54. The highest BCUT2D eigenvalue weighted by atomic mass is 16.6. The summed E-state index contributed by atoms with van der Waals surface area (Å²) in [5.74, 6) is 0. The number of hydrogen-bond acceptors (Lipinski definition) is 3. The monoisotopic (exact) mass is 242 g/mol. The number of carbonyl (C=O) groups is 1. The van der Waals surface area contributed by atoms with Gasteiger partial charge in [-0.1, -0.05) is 13.3 Å². The van der Waals surface area contributed by atoms with Gasteiger partial charge in [0, 0.05) is 18.6 Å². The van der Waals surface area contributed by atoms with E-state index in [4.69, 9.17) is 10.5 Å². The molecule has 0 spiro atoms. The Bertz CT molecular complexity index is 269. The maximum absolute atomic E-state index is 12.0. The summed E-state index contributed by atoms with van der Waals surface area (Å²) in [6.45, 7) is 9.16. The van der Waals surface area contributed by atoms with Gasteiger partial charge in [-0.2, -0.15) is 0 Å². The fourth-order valence-electron chi connectivity index (χ4n) is 2.34. The first kappa shape index (κ1) is 14.3. The average molecular weight is 242 g/mol. The molecular weight excluding hydrogens is 216 g/mol. The van der Waals surface area contributed by atoms with Crippen molar-refractivity contribution in [2.45, 2.75) is 64.5 Å². The number of nitrogens with two attached hydrogens (primary N) is 1. The number of piperidine rings is 1. The summed E-state index contributed by atoms with van der Waals surface area (Å²) in [7, 11) is 0. The second-order valence-electron chi connectivity index (χ2n) is 6.12. The molecule has 2 N–H and O–H groups in total. The maximum Gasteiger partial charge on any atom is 0.410 e. The van der Waals surface area contributed by atoms with Crippen LogP contribution in [0.5, 0.6) is 0 Å². The van der Waals surface area contributed by atoms with Crippen LogP contribution in [-0.4, -0.2) is 35.2 Å². The first-order valence-corrected chi connectivity index (χ1v) is 6.52. The van der Waals surface area contributed by atoms with Crippen molar-refractivity contribution in [1.29, 1.82) is 0 Å². The number of amides is 1. The fraction of sp³-hybridized carbons (Fsp3) is 0.923. The van der Waals surface area contributed by atoms with Crippen molar-refractivity contribution in [2.75, 3.05) is 13.1 Å². The van der Waals surface area contributed by atoms with Crippen LogP contribution in [0, 0.1) is 0 Å². The van der Waals surface area contributed by atoms with E-state index in [2.05, 4.69) is 6.92 Å². The van der Waals surface area contributed by atoms with E-state index < -0.39 is 5.60 Å². The standard InChI is InChI=1S/C13H26N2O2/c1-5-7-13(14)8-6-9-15(10-13)11(16)17-12(2,3)4/h5-10,14H2,1-4H3. The quantitative estimate of drug-likeness (QED) is 0.809. The molecule has 0 aromatic carbocycles. The Hall–Kier alpha value is -0.770. The van der Waals surface area contributed by atoms with Gasteiger partial charge in [-0.25, -0.2) is 4.79 Å². The summed E-state index contributed by atoms with van der Waals surface area (Å²) in [6, 6.07) is 0. The number of ether oxygens (including phenoxy) is 1. The summed E-state index contributed by atoms with van der Waals surface area (Å²) in [5, 5.41) is 0. The number of likely N-dealkylation sites (tertiary alicyclic amines) is 1. The molecule has 1 unspecified atom stereocenters. The van der Waals surface area contributed by atoms with Gasteiger partial charge >= 0.3 is 6.09 Å². The molecule has 0 bridgehead atoms. The van der Waals surface area contributed by atoms with Crippen molar-refractivity contribution in [3.8, 4) is 0 Å². The zero-order chi connectivity index (χ0) is 13.1. The molecule has 1 rings (SSSR count). The van der Waals surface area contributed by atoms with E-state index in [1.54, 1.807) is 4.90 Å². The van der Waals surface area contributed by atoms with Crippen LogP contribution in [0.15, 0.2) is 0 Å². The van der Waals surface area contributed by atoms with E-state index in [-0.39, 0.29) is 11.6 Å². The van der Waals surface area contributed by atoms with Crippen molar-refractivity contribution in [1.82, 2.24) is 4.90 Å². The van der Waals surface area contributed by atoms with E-state index in [9.17, 15) is 4.79 Å². The molecule has 0 aromatic heterocycles. The number of carbonyl (C=O) groups excluding carboxylic acids is 1. The normalized spacial score (nSPS) is 25.8. The van der Waals surface area contributed by atoms with Crippen molar-refractivity contribution >= 4 is 6.09 Å². The molecule has 1 atom stereocenters. The molecule has 1 fully saturated rings. The lowest BCUT2D eigenvalue weighted by Crippen LogP contribution is -2.56. The lowest BCUT2D eigenvalue weighted by molar-refractivity contribution is 0.0133. The summed E-state index contributed by atoms with van der Waals surface area (Å²) in [5.41, 5.74) is 5.66. The Morgan fingerprint density at radius 3 is 2.65 bits per heavy atom. The molecule has 0 aliphatic carbocycles. The summed E-state index contributed by atoms with van der Waals surface area (Å²) < 4.78 is 5.38. The van der Waals surface area contributed by atoms with Crippen molar-refractivity contribution in [3.63, 3.8) is 0 Å². The molecule has 0 saturated carbocycles. The predicted molar refractivity (Wildman–Crippen MR) is 68.9 cm³/mol. The molecule has 0 aromatic rings. The molecule has 4 nitrogen and oxygen atoms in total. The molecule has 0 radical (unpaired) electrons. The predicted octanol–water partition coefficient (Wildman–Crippen LogP) is 2.51. The second-order valence-corrected chi connectivity index (χ2v) is 6.12. The Morgan fingerprint density at radius 2 is 2.12 bits per heavy atom. The zero-order valence-electron chi connectivity index (χ0n) is 11.6. The Labute approximate surface area is 104 Å². The zero-order valence-corrected chi connectivity index (χ0v) is 11.6. The van der Waals surface area contributed by atoms with Crippen LogP contribution in [0.2, 0.25) is 0 Å². The third-order valence-electron chi connectivity index (χ3n) is 3.01. The molecule has 1 amide bonds. The molecule has 1 aliphatic heterocycles. The molecule has 1 saturated heterocycles. The highest BCUT2D eigenvalue weighted by molar-refractivity contribution is 5.68. The lowest BCUT2D eigenvalue weighted by Gasteiger charge is -2.40. The number of hydrogen-bond donors (Lipinski definition) is 1. The highest BCUT2D eigenvalue weighted by Crippen LogP contribution is 2.24. The van der Waals surface area contributed by atoms with Crippen LogP contribution in [0.4, 0.5) is 4.79 Å². The van der Waals surface area contributed by atoms with Crippen LogP contribution >= 0.6 is 0 Å². The molecule has 17 heavy (non-hydrogen) atoms. The van der Waals surface area contributed by atoms with Crippen molar-refractivity contribution < 1.29 is 9.53 Å². The van der Waals surface area contributed by atoms with Crippen LogP contribution < -0.4 is 5.73 Å². The molecule has 1 aliphatic rings. The van der Waals surface area contributed by atoms with Gasteiger partial charge in [0.05, 0.1) is 0 Å².